The van der Waals surface area contributed by atoms with Crippen LogP contribution in [0.2, 0.25) is 0 Å². The second-order valence-electron chi connectivity index (χ2n) is 5.06. The molecule has 0 spiro atoms. The molecule has 112 valence electrons. The Morgan fingerprint density at radius 1 is 1.20 bits per heavy atom. The molecule has 0 aliphatic carbocycles. The van der Waals surface area contributed by atoms with Crippen LogP contribution in [-0.2, 0) is 0 Å². The van der Waals surface area contributed by atoms with Gasteiger partial charge in [-0.2, -0.15) is 0 Å². The van der Waals surface area contributed by atoms with Gasteiger partial charge in [-0.15, -0.1) is 0 Å². The predicted octanol–water partition coefficient (Wildman–Crippen LogP) is 3.60. The Labute approximate surface area is 122 Å². The molecule has 1 atom stereocenters. The maximum atomic E-state index is 12.2. The van der Waals surface area contributed by atoms with Crippen LogP contribution in [0.25, 0.3) is 0 Å². The first-order chi connectivity index (χ1) is 9.71. The first kappa shape index (κ1) is 16.5. The average Bonchev–Trinajstić information content (AvgIpc) is 2.46. The molecule has 4 heteroatoms. The summed E-state index contributed by atoms with van der Waals surface area (Å²) >= 11 is 0. The van der Waals surface area contributed by atoms with Gasteiger partial charge >= 0.3 is 0 Å². The van der Waals surface area contributed by atoms with Crippen molar-refractivity contribution in [3.63, 3.8) is 0 Å². The van der Waals surface area contributed by atoms with E-state index in [9.17, 15) is 4.79 Å². The van der Waals surface area contributed by atoms with Crippen molar-refractivity contribution in [3.05, 3.63) is 24.0 Å². The fourth-order valence-electron chi connectivity index (χ4n) is 2.18. The van der Waals surface area contributed by atoms with Gasteiger partial charge in [0.25, 0.3) is 5.91 Å². The average molecular weight is 277 g/mol. The lowest BCUT2D eigenvalue weighted by Gasteiger charge is -2.17. The Morgan fingerprint density at radius 3 is 2.55 bits per heavy atom. The first-order valence-corrected chi connectivity index (χ1v) is 7.72. The zero-order chi connectivity index (χ0) is 14.8. The molecule has 0 aliphatic heterocycles. The number of nitrogens with zero attached hydrogens (tertiary/aromatic N) is 1. The molecule has 0 saturated heterocycles. The number of aromatic nitrogens is 1. The Balaban J connectivity index is 2.58. The summed E-state index contributed by atoms with van der Waals surface area (Å²) < 4.78 is 0. The molecule has 1 rings (SSSR count). The number of carbonyl (C=O) groups excluding carboxylic acids is 1. The SMILES string of the molecule is CCCCC(CCC)NC(=O)c1ccc(NCC)cn1. The molecule has 0 fully saturated rings. The molecule has 2 N–H and O–H groups in total. The van der Waals surface area contributed by atoms with Gasteiger partial charge in [0.05, 0.1) is 11.9 Å². The standard InChI is InChI=1S/C16H27N3O/c1-4-7-9-13(8-5-2)19-16(20)15-11-10-14(12-18-15)17-6-3/h10-13,17H,4-9H2,1-3H3,(H,19,20). The van der Waals surface area contributed by atoms with Gasteiger partial charge in [-0.25, -0.2) is 4.98 Å². The van der Waals surface area contributed by atoms with Crippen LogP contribution in [0.3, 0.4) is 0 Å². The van der Waals surface area contributed by atoms with Crippen molar-refractivity contribution in [1.29, 1.82) is 0 Å². The minimum Gasteiger partial charge on any atom is -0.384 e. The smallest absolute Gasteiger partial charge is 0.270 e. The molecule has 1 aromatic heterocycles. The lowest BCUT2D eigenvalue weighted by atomic mass is 10.0. The summed E-state index contributed by atoms with van der Waals surface area (Å²) in [6.45, 7) is 7.20. The third-order valence-electron chi connectivity index (χ3n) is 3.26. The molecule has 20 heavy (non-hydrogen) atoms. The van der Waals surface area contributed by atoms with Gasteiger partial charge in [0.1, 0.15) is 5.69 Å². The maximum absolute atomic E-state index is 12.2. The molecule has 0 saturated carbocycles. The van der Waals surface area contributed by atoms with Gasteiger partial charge in [0.15, 0.2) is 0 Å². The highest BCUT2D eigenvalue weighted by Gasteiger charge is 2.13. The fraction of sp³-hybridized carbons (Fsp3) is 0.625. The third kappa shape index (κ3) is 5.59. The van der Waals surface area contributed by atoms with Crippen LogP contribution in [0, 0.1) is 0 Å². The molecule has 1 unspecified atom stereocenters. The highest BCUT2D eigenvalue weighted by atomic mass is 16.1. The van der Waals surface area contributed by atoms with E-state index in [1.54, 1.807) is 12.3 Å². The van der Waals surface area contributed by atoms with E-state index in [0.717, 1.165) is 44.3 Å². The number of anilines is 1. The second kappa shape index (κ2) is 9.34. The second-order valence-corrected chi connectivity index (χ2v) is 5.06. The molecule has 0 radical (unpaired) electrons. The number of nitrogens with one attached hydrogen (secondary N) is 2. The Kier molecular flexibility index (Phi) is 7.70. The third-order valence-corrected chi connectivity index (χ3v) is 3.26. The zero-order valence-corrected chi connectivity index (χ0v) is 12.9. The van der Waals surface area contributed by atoms with Crippen LogP contribution in [0.4, 0.5) is 5.69 Å². The Hall–Kier alpha value is -1.58. The van der Waals surface area contributed by atoms with Crippen LogP contribution in [0.1, 0.15) is 63.4 Å². The Morgan fingerprint density at radius 2 is 2.00 bits per heavy atom. The van der Waals surface area contributed by atoms with E-state index < -0.39 is 0 Å². The molecule has 0 bridgehead atoms. The summed E-state index contributed by atoms with van der Waals surface area (Å²) in [5.74, 6) is -0.0670. The van der Waals surface area contributed by atoms with Gasteiger partial charge < -0.3 is 10.6 Å². The minimum atomic E-state index is -0.0670. The van der Waals surface area contributed by atoms with E-state index in [0.29, 0.717) is 5.69 Å². The van der Waals surface area contributed by atoms with E-state index in [2.05, 4.69) is 29.5 Å². The molecule has 1 heterocycles. The normalized spacial score (nSPS) is 11.9. The van der Waals surface area contributed by atoms with Crippen molar-refractivity contribution < 1.29 is 4.79 Å². The summed E-state index contributed by atoms with van der Waals surface area (Å²) in [7, 11) is 0. The van der Waals surface area contributed by atoms with Crippen LogP contribution in [0.15, 0.2) is 18.3 Å². The monoisotopic (exact) mass is 277 g/mol. The summed E-state index contributed by atoms with van der Waals surface area (Å²) in [5, 5.41) is 6.27. The number of amides is 1. The van der Waals surface area contributed by atoms with Crippen molar-refractivity contribution in [2.24, 2.45) is 0 Å². The minimum absolute atomic E-state index is 0.0670. The number of rotatable bonds is 9. The van der Waals surface area contributed by atoms with E-state index in [1.807, 2.05) is 13.0 Å². The fourth-order valence-corrected chi connectivity index (χ4v) is 2.18. The molecular formula is C16H27N3O. The van der Waals surface area contributed by atoms with E-state index in [1.165, 1.54) is 0 Å². The van der Waals surface area contributed by atoms with Crippen LogP contribution in [-0.4, -0.2) is 23.5 Å². The van der Waals surface area contributed by atoms with Crippen molar-refractivity contribution in [2.45, 2.75) is 58.9 Å². The lowest BCUT2D eigenvalue weighted by Crippen LogP contribution is -2.35. The summed E-state index contributed by atoms with van der Waals surface area (Å²) in [6, 6.07) is 3.94. The molecule has 0 aliphatic rings. The zero-order valence-electron chi connectivity index (χ0n) is 12.9. The van der Waals surface area contributed by atoms with Crippen LogP contribution >= 0.6 is 0 Å². The summed E-state index contributed by atoms with van der Waals surface area (Å²) in [6.07, 6.45) is 7.18. The molecule has 1 aromatic rings. The number of hydrogen-bond donors (Lipinski definition) is 2. The number of hydrogen-bond acceptors (Lipinski definition) is 3. The number of carbonyl (C=O) groups is 1. The van der Waals surface area contributed by atoms with Crippen molar-refractivity contribution in [2.75, 3.05) is 11.9 Å². The quantitative estimate of drug-likeness (QED) is 0.725. The van der Waals surface area contributed by atoms with Crippen molar-refractivity contribution >= 4 is 11.6 Å². The van der Waals surface area contributed by atoms with Gasteiger partial charge in [-0.3, -0.25) is 4.79 Å². The number of unbranched alkanes of at least 4 members (excludes halogenated alkanes) is 1. The summed E-state index contributed by atoms with van der Waals surface area (Å²) in [5.41, 5.74) is 1.43. The van der Waals surface area contributed by atoms with E-state index in [4.69, 9.17) is 0 Å². The Bertz CT molecular complexity index is 389. The maximum Gasteiger partial charge on any atom is 0.270 e. The first-order valence-electron chi connectivity index (χ1n) is 7.72. The molecule has 4 nitrogen and oxygen atoms in total. The molecular weight excluding hydrogens is 250 g/mol. The van der Waals surface area contributed by atoms with Crippen LogP contribution in [0.5, 0.6) is 0 Å². The van der Waals surface area contributed by atoms with E-state index in [-0.39, 0.29) is 11.9 Å². The van der Waals surface area contributed by atoms with Gasteiger partial charge in [0.2, 0.25) is 0 Å². The highest BCUT2D eigenvalue weighted by molar-refractivity contribution is 5.92. The van der Waals surface area contributed by atoms with Crippen molar-refractivity contribution in [1.82, 2.24) is 10.3 Å². The largest absolute Gasteiger partial charge is 0.384 e. The highest BCUT2D eigenvalue weighted by Crippen LogP contribution is 2.09. The van der Waals surface area contributed by atoms with Crippen LogP contribution < -0.4 is 10.6 Å². The van der Waals surface area contributed by atoms with Gasteiger partial charge in [-0.05, 0) is 31.9 Å². The van der Waals surface area contributed by atoms with Gasteiger partial charge in [-0.1, -0.05) is 33.1 Å². The topological polar surface area (TPSA) is 54.0 Å². The molecule has 1 amide bonds. The lowest BCUT2D eigenvalue weighted by molar-refractivity contribution is 0.0927. The molecule has 0 aromatic carbocycles. The predicted molar refractivity (Wildman–Crippen MR) is 84.1 cm³/mol. The number of pyridine rings is 1. The summed E-state index contributed by atoms with van der Waals surface area (Å²) in [4.78, 5) is 16.4. The van der Waals surface area contributed by atoms with Crippen molar-refractivity contribution in [3.8, 4) is 0 Å². The van der Waals surface area contributed by atoms with Gasteiger partial charge in [0, 0.05) is 12.6 Å². The van der Waals surface area contributed by atoms with E-state index >= 15 is 0 Å².